The van der Waals surface area contributed by atoms with Crippen molar-refractivity contribution in [1.29, 1.82) is 0 Å². The Labute approximate surface area is 116 Å². The second kappa shape index (κ2) is 5.27. The maximum atomic E-state index is 13.9. The van der Waals surface area contributed by atoms with Gasteiger partial charge in [0.25, 0.3) is 0 Å². The summed E-state index contributed by atoms with van der Waals surface area (Å²) in [5, 5.41) is 9.74. The Hall–Kier alpha value is -1.25. The summed E-state index contributed by atoms with van der Waals surface area (Å²) in [6.07, 6.45) is -0.335. The van der Waals surface area contributed by atoms with E-state index in [0.29, 0.717) is 6.42 Å². The zero-order valence-corrected chi connectivity index (χ0v) is 11.7. The van der Waals surface area contributed by atoms with Crippen LogP contribution in [0.3, 0.4) is 0 Å². The predicted octanol–water partition coefficient (Wildman–Crippen LogP) is 0.938. The van der Waals surface area contributed by atoms with E-state index in [9.17, 15) is 22.3 Å². The summed E-state index contributed by atoms with van der Waals surface area (Å²) in [4.78, 5) is -0.668. The summed E-state index contributed by atoms with van der Waals surface area (Å²) < 4.78 is 52.6. The van der Waals surface area contributed by atoms with Crippen molar-refractivity contribution in [2.24, 2.45) is 5.92 Å². The molecule has 1 fully saturated rings. The van der Waals surface area contributed by atoms with Crippen molar-refractivity contribution in [2.75, 3.05) is 18.8 Å². The van der Waals surface area contributed by atoms with Crippen LogP contribution in [-0.2, 0) is 10.0 Å². The van der Waals surface area contributed by atoms with Crippen LogP contribution in [0.1, 0.15) is 13.3 Å². The van der Waals surface area contributed by atoms with Crippen molar-refractivity contribution in [3.63, 3.8) is 0 Å². The third kappa shape index (κ3) is 2.50. The van der Waals surface area contributed by atoms with Gasteiger partial charge in [-0.15, -0.1) is 0 Å². The number of aliphatic hydroxyl groups is 1. The highest BCUT2D eigenvalue weighted by molar-refractivity contribution is 7.89. The van der Waals surface area contributed by atoms with Gasteiger partial charge in [-0.1, -0.05) is 6.92 Å². The van der Waals surface area contributed by atoms with E-state index in [2.05, 4.69) is 0 Å². The smallest absolute Gasteiger partial charge is 0.246 e. The minimum atomic E-state index is -4.14. The van der Waals surface area contributed by atoms with E-state index in [1.54, 1.807) is 0 Å². The Morgan fingerprint density at radius 1 is 1.40 bits per heavy atom. The molecule has 2 atom stereocenters. The fourth-order valence-electron chi connectivity index (χ4n) is 2.13. The summed E-state index contributed by atoms with van der Waals surface area (Å²) in [5.41, 5.74) is 4.35. The number of nitrogens with two attached hydrogens (primary N) is 1. The van der Waals surface area contributed by atoms with Crippen LogP contribution < -0.4 is 5.73 Å². The molecule has 0 aromatic heterocycles. The van der Waals surface area contributed by atoms with Crippen molar-refractivity contribution in [1.82, 2.24) is 4.31 Å². The van der Waals surface area contributed by atoms with Gasteiger partial charge in [-0.25, -0.2) is 17.2 Å². The van der Waals surface area contributed by atoms with Gasteiger partial charge < -0.3 is 10.8 Å². The van der Waals surface area contributed by atoms with Gasteiger partial charge in [-0.2, -0.15) is 4.31 Å². The van der Waals surface area contributed by atoms with Crippen LogP contribution in [-0.4, -0.2) is 37.0 Å². The summed E-state index contributed by atoms with van der Waals surface area (Å²) in [6, 6.07) is 1.66. The molecular formula is C12H16F2N2O3S. The average molecular weight is 306 g/mol. The quantitative estimate of drug-likeness (QED) is 0.797. The molecule has 1 aromatic rings. The van der Waals surface area contributed by atoms with Gasteiger partial charge in [0.1, 0.15) is 16.4 Å². The molecule has 0 amide bonds. The number of piperidine rings is 1. The predicted molar refractivity (Wildman–Crippen MR) is 69.3 cm³/mol. The van der Waals surface area contributed by atoms with E-state index in [1.807, 2.05) is 6.92 Å². The molecule has 0 bridgehead atoms. The zero-order chi connectivity index (χ0) is 15.1. The first kappa shape index (κ1) is 15.1. The van der Waals surface area contributed by atoms with Crippen LogP contribution in [0, 0.1) is 17.6 Å². The molecule has 5 nitrogen and oxygen atoms in total. The maximum Gasteiger partial charge on any atom is 0.246 e. The monoisotopic (exact) mass is 306 g/mol. The minimum Gasteiger partial charge on any atom is -0.394 e. The van der Waals surface area contributed by atoms with Crippen LogP contribution in [0.25, 0.3) is 0 Å². The molecular weight excluding hydrogens is 290 g/mol. The number of sulfonamides is 1. The number of nitrogens with zero attached hydrogens (tertiary/aromatic N) is 1. The Balaban J connectivity index is 2.39. The van der Waals surface area contributed by atoms with Gasteiger partial charge in [0.15, 0.2) is 5.82 Å². The Bertz CT molecular complexity index is 621. The lowest BCUT2D eigenvalue weighted by Crippen LogP contribution is -2.45. The second-order valence-corrected chi connectivity index (χ2v) is 6.88. The number of halogens is 2. The van der Waals surface area contributed by atoms with Gasteiger partial charge in [-0.05, 0) is 24.5 Å². The highest BCUT2D eigenvalue weighted by Gasteiger charge is 2.35. The normalized spacial score (nSPS) is 24.8. The van der Waals surface area contributed by atoms with Crippen LogP contribution in [0.4, 0.5) is 14.5 Å². The van der Waals surface area contributed by atoms with E-state index in [0.717, 1.165) is 16.4 Å². The molecule has 1 aliphatic heterocycles. The highest BCUT2D eigenvalue weighted by Crippen LogP contribution is 2.28. The van der Waals surface area contributed by atoms with E-state index in [-0.39, 0.29) is 19.0 Å². The third-order valence-corrected chi connectivity index (χ3v) is 5.47. The zero-order valence-electron chi connectivity index (χ0n) is 10.9. The first-order valence-corrected chi connectivity index (χ1v) is 7.61. The largest absolute Gasteiger partial charge is 0.394 e. The number of rotatable bonds is 2. The Morgan fingerprint density at radius 2 is 2.05 bits per heavy atom. The van der Waals surface area contributed by atoms with Crippen LogP contribution in [0.5, 0.6) is 0 Å². The number of nitrogen functional groups attached to an aromatic ring is 1. The molecule has 20 heavy (non-hydrogen) atoms. The van der Waals surface area contributed by atoms with Crippen LogP contribution in [0.2, 0.25) is 0 Å². The summed E-state index contributed by atoms with van der Waals surface area (Å²) in [7, 11) is -4.14. The van der Waals surface area contributed by atoms with E-state index in [4.69, 9.17) is 5.73 Å². The molecule has 1 saturated heterocycles. The number of aliphatic hydroxyl groups excluding tert-OH is 1. The molecule has 0 saturated carbocycles. The van der Waals surface area contributed by atoms with Gasteiger partial charge in [0, 0.05) is 13.1 Å². The molecule has 0 spiro atoms. The lowest BCUT2D eigenvalue weighted by atomic mass is 9.98. The molecule has 112 valence electrons. The van der Waals surface area contributed by atoms with Gasteiger partial charge in [0.05, 0.1) is 6.10 Å². The first-order chi connectivity index (χ1) is 9.25. The molecule has 1 heterocycles. The SMILES string of the molecule is CC1CCN(S(=O)(=O)c2ccc(F)c(N)c2F)CC1O. The number of benzene rings is 1. The summed E-state index contributed by atoms with van der Waals surface area (Å²) >= 11 is 0. The van der Waals surface area contributed by atoms with Crippen molar-refractivity contribution in [3.05, 3.63) is 23.8 Å². The summed E-state index contributed by atoms with van der Waals surface area (Å²) in [6.45, 7) is 1.88. The average Bonchev–Trinajstić information content (AvgIpc) is 2.38. The molecule has 0 radical (unpaired) electrons. The van der Waals surface area contributed by atoms with Gasteiger partial charge in [-0.3, -0.25) is 0 Å². The maximum absolute atomic E-state index is 13.9. The van der Waals surface area contributed by atoms with Crippen molar-refractivity contribution >= 4 is 15.7 Å². The van der Waals surface area contributed by atoms with Gasteiger partial charge >= 0.3 is 0 Å². The lowest BCUT2D eigenvalue weighted by molar-refractivity contribution is 0.0604. The molecule has 0 aliphatic carbocycles. The standard InChI is InChI=1S/C12H16F2N2O3S/c1-7-4-5-16(6-9(7)17)20(18,19)10-3-2-8(13)12(15)11(10)14/h2-3,7,9,17H,4-6,15H2,1H3. The molecule has 2 rings (SSSR count). The Kier molecular flexibility index (Phi) is 3.99. The summed E-state index contributed by atoms with van der Waals surface area (Å²) in [5.74, 6) is -2.32. The Morgan fingerprint density at radius 3 is 2.65 bits per heavy atom. The highest BCUT2D eigenvalue weighted by atomic mass is 32.2. The lowest BCUT2D eigenvalue weighted by Gasteiger charge is -2.33. The second-order valence-electron chi connectivity index (χ2n) is 4.97. The van der Waals surface area contributed by atoms with Crippen molar-refractivity contribution < 1.29 is 22.3 Å². The topological polar surface area (TPSA) is 83.6 Å². The van der Waals surface area contributed by atoms with Crippen LogP contribution >= 0.6 is 0 Å². The van der Waals surface area contributed by atoms with E-state index in [1.165, 1.54) is 0 Å². The van der Waals surface area contributed by atoms with Crippen molar-refractivity contribution in [3.8, 4) is 0 Å². The number of anilines is 1. The number of β-amino-alcohol motifs (C(OH)–C–C–N with tert-alkyl or cyclic N) is 1. The van der Waals surface area contributed by atoms with E-state index < -0.39 is 38.3 Å². The molecule has 3 N–H and O–H groups in total. The minimum absolute atomic E-state index is 0.0235. The number of hydrogen-bond donors (Lipinski definition) is 2. The molecule has 1 aromatic carbocycles. The molecule has 2 unspecified atom stereocenters. The number of hydrogen-bond acceptors (Lipinski definition) is 4. The fourth-order valence-corrected chi connectivity index (χ4v) is 3.68. The van der Waals surface area contributed by atoms with Gasteiger partial charge in [0.2, 0.25) is 10.0 Å². The fraction of sp³-hybridized carbons (Fsp3) is 0.500. The van der Waals surface area contributed by atoms with E-state index >= 15 is 0 Å². The third-order valence-electron chi connectivity index (χ3n) is 3.59. The first-order valence-electron chi connectivity index (χ1n) is 6.17. The van der Waals surface area contributed by atoms with Crippen LogP contribution in [0.15, 0.2) is 17.0 Å². The molecule has 8 heteroatoms. The molecule has 1 aliphatic rings. The van der Waals surface area contributed by atoms with Crippen molar-refractivity contribution in [2.45, 2.75) is 24.3 Å².